The summed E-state index contributed by atoms with van der Waals surface area (Å²) in [4.78, 5) is 27.2. The standard InChI is InChI=1S/C25H17BrClIN2O4S/c1-33-21-11-15(10-20(28)22(21)34-13-14-5-7-17(27)8-6-14)9-19-23(31)29-25(35)30(24(19)32)18-4-2-3-16(26)12-18/h2-12H,13H2,1H3,(H,29,31,35)/b19-9-. The van der Waals surface area contributed by atoms with E-state index in [1.807, 2.05) is 24.3 Å². The number of benzene rings is 3. The highest BCUT2D eigenvalue weighted by Crippen LogP contribution is 2.35. The molecule has 4 rings (SSSR count). The molecule has 0 aliphatic carbocycles. The third-order valence-corrected chi connectivity index (χ3v) is 6.86. The Morgan fingerprint density at radius 1 is 1.14 bits per heavy atom. The van der Waals surface area contributed by atoms with Gasteiger partial charge in [0, 0.05) is 9.50 Å². The molecular weight excluding hydrogens is 667 g/mol. The van der Waals surface area contributed by atoms with Crippen LogP contribution in [0.15, 0.2) is 70.7 Å². The van der Waals surface area contributed by atoms with Crippen molar-refractivity contribution in [2.45, 2.75) is 6.61 Å². The lowest BCUT2D eigenvalue weighted by Gasteiger charge is -2.29. The van der Waals surface area contributed by atoms with E-state index in [4.69, 9.17) is 33.3 Å². The first-order valence-corrected chi connectivity index (χ1v) is 12.8. The van der Waals surface area contributed by atoms with Crippen LogP contribution in [0.25, 0.3) is 6.08 Å². The molecule has 0 atom stereocenters. The molecule has 0 aromatic heterocycles. The minimum absolute atomic E-state index is 0.0216. The number of hydrogen-bond acceptors (Lipinski definition) is 5. The van der Waals surface area contributed by atoms with Gasteiger partial charge in [-0.3, -0.25) is 19.8 Å². The van der Waals surface area contributed by atoms with Crippen molar-refractivity contribution in [3.63, 3.8) is 0 Å². The molecule has 6 nitrogen and oxygen atoms in total. The number of hydrogen-bond donors (Lipinski definition) is 1. The Balaban J connectivity index is 1.64. The number of carbonyl (C=O) groups is 2. The molecule has 1 N–H and O–H groups in total. The molecule has 2 amide bonds. The van der Waals surface area contributed by atoms with Crippen LogP contribution in [0.3, 0.4) is 0 Å². The molecule has 10 heteroatoms. The second-order valence-electron chi connectivity index (χ2n) is 7.39. The Labute approximate surface area is 234 Å². The normalized spacial score (nSPS) is 14.8. The second kappa shape index (κ2) is 11.1. The SMILES string of the molecule is COc1cc(/C=C2/C(=O)NC(=S)N(c3cccc(Br)c3)C2=O)cc(I)c1OCc1ccc(Cl)cc1. The average Bonchev–Trinajstić information content (AvgIpc) is 2.82. The molecule has 0 bridgehead atoms. The fraction of sp³-hybridized carbons (Fsp3) is 0.0800. The van der Waals surface area contributed by atoms with Crippen molar-refractivity contribution in [2.24, 2.45) is 0 Å². The molecule has 35 heavy (non-hydrogen) atoms. The first-order chi connectivity index (χ1) is 16.8. The summed E-state index contributed by atoms with van der Waals surface area (Å²) in [7, 11) is 1.53. The summed E-state index contributed by atoms with van der Waals surface area (Å²) in [6.07, 6.45) is 1.51. The van der Waals surface area contributed by atoms with Crippen molar-refractivity contribution >= 4 is 91.0 Å². The topological polar surface area (TPSA) is 67.9 Å². The average molecular weight is 684 g/mol. The monoisotopic (exact) mass is 682 g/mol. The Hall–Kier alpha value is -2.47. The van der Waals surface area contributed by atoms with Gasteiger partial charge in [-0.2, -0.15) is 0 Å². The lowest BCUT2D eigenvalue weighted by atomic mass is 10.1. The molecule has 1 aliphatic heterocycles. The summed E-state index contributed by atoms with van der Waals surface area (Å²) in [6.45, 7) is 0.323. The number of halogens is 3. The number of ether oxygens (including phenoxy) is 2. The van der Waals surface area contributed by atoms with E-state index in [2.05, 4.69) is 43.8 Å². The molecule has 0 unspecified atom stereocenters. The summed E-state index contributed by atoms with van der Waals surface area (Å²) in [5, 5.41) is 3.27. The molecule has 3 aromatic carbocycles. The smallest absolute Gasteiger partial charge is 0.270 e. The molecule has 3 aromatic rings. The number of rotatable bonds is 6. The second-order valence-corrected chi connectivity index (χ2v) is 10.3. The maximum atomic E-state index is 13.3. The van der Waals surface area contributed by atoms with E-state index in [9.17, 15) is 9.59 Å². The Morgan fingerprint density at radius 3 is 2.57 bits per heavy atom. The molecule has 0 radical (unpaired) electrons. The Bertz CT molecular complexity index is 1360. The fourth-order valence-corrected chi connectivity index (χ4v) is 4.95. The van der Waals surface area contributed by atoms with E-state index in [1.54, 1.807) is 36.4 Å². The zero-order chi connectivity index (χ0) is 25.1. The lowest BCUT2D eigenvalue weighted by Crippen LogP contribution is -2.54. The number of nitrogens with zero attached hydrogens (tertiary/aromatic N) is 1. The van der Waals surface area contributed by atoms with Crippen LogP contribution in [0, 0.1) is 3.57 Å². The third kappa shape index (κ3) is 5.85. The highest BCUT2D eigenvalue weighted by Gasteiger charge is 2.34. The largest absolute Gasteiger partial charge is 0.493 e. The van der Waals surface area contributed by atoms with Crippen molar-refractivity contribution in [3.05, 3.63) is 90.4 Å². The van der Waals surface area contributed by atoms with E-state index in [1.165, 1.54) is 18.1 Å². The van der Waals surface area contributed by atoms with Gasteiger partial charge in [0.2, 0.25) is 0 Å². The number of nitrogens with one attached hydrogen (secondary N) is 1. The van der Waals surface area contributed by atoms with Crippen LogP contribution in [0.2, 0.25) is 5.02 Å². The molecule has 1 saturated heterocycles. The number of methoxy groups -OCH3 is 1. The Morgan fingerprint density at radius 2 is 1.89 bits per heavy atom. The van der Waals surface area contributed by atoms with Gasteiger partial charge in [-0.05, 0) is 94.5 Å². The molecular formula is C25H17BrClIN2O4S. The summed E-state index contributed by atoms with van der Waals surface area (Å²) >= 11 is 16.7. The van der Waals surface area contributed by atoms with Gasteiger partial charge in [0.05, 0.1) is 16.4 Å². The fourth-order valence-electron chi connectivity index (χ4n) is 3.37. The third-order valence-electron chi connectivity index (χ3n) is 5.03. The summed E-state index contributed by atoms with van der Waals surface area (Å²) in [5.41, 5.74) is 2.04. The summed E-state index contributed by atoms with van der Waals surface area (Å²) in [6, 6.07) is 18.0. The van der Waals surface area contributed by atoms with Crippen LogP contribution >= 0.6 is 62.3 Å². The number of amides is 2. The van der Waals surface area contributed by atoms with E-state index < -0.39 is 11.8 Å². The van der Waals surface area contributed by atoms with Crippen LogP contribution in [0.5, 0.6) is 11.5 Å². The molecule has 1 heterocycles. The zero-order valence-corrected chi connectivity index (χ0v) is 23.5. The minimum atomic E-state index is -0.566. The van der Waals surface area contributed by atoms with Gasteiger partial charge in [0.25, 0.3) is 11.8 Å². The molecule has 0 saturated carbocycles. The number of anilines is 1. The van der Waals surface area contributed by atoms with Crippen molar-refractivity contribution < 1.29 is 19.1 Å². The van der Waals surface area contributed by atoms with Gasteiger partial charge < -0.3 is 9.47 Å². The van der Waals surface area contributed by atoms with Crippen LogP contribution in [-0.4, -0.2) is 24.0 Å². The van der Waals surface area contributed by atoms with Crippen LogP contribution < -0.4 is 19.7 Å². The predicted molar refractivity (Wildman–Crippen MR) is 152 cm³/mol. The van der Waals surface area contributed by atoms with Gasteiger partial charge in [-0.15, -0.1) is 0 Å². The van der Waals surface area contributed by atoms with E-state index in [-0.39, 0.29) is 10.7 Å². The minimum Gasteiger partial charge on any atom is -0.493 e. The number of carbonyl (C=O) groups excluding carboxylic acids is 2. The quantitative estimate of drug-likeness (QED) is 0.147. The molecule has 1 aliphatic rings. The van der Waals surface area contributed by atoms with Crippen LogP contribution in [-0.2, 0) is 16.2 Å². The lowest BCUT2D eigenvalue weighted by molar-refractivity contribution is -0.122. The van der Waals surface area contributed by atoms with Crippen molar-refractivity contribution in [1.29, 1.82) is 0 Å². The number of thiocarbonyl (C=S) groups is 1. The van der Waals surface area contributed by atoms with E-state index >= 15 is 0 Å². The van der Waals surface area contributed by atoms with Crippen molar-refractivity contribution in [1.82, 2.24) is 5.32 Å². The zero-order valence-electron chi connectivity index (χ0n) is 18.2. The van der Waals surface area contributed by atoms with Crippen molar-refractivity contribution in [3.8, 4) is 11.5 Å². The first-order valence-electron chi connectivity index (χ1n) is 10.2. The van der Waals surface area contributed by atoms with Gasteiger partial charge >= 0.3 is 0 Å². The van der Waals surface area contributed by atoms with E-state index in [0.29, 0.717) is 34.4 Å². The van der Waals surface area contributed by atoms with Gasteiger partial charge in [-0.1, -0.05) is 45.7 Å². The highest BCUT2D eigenvalue weighted by atomic mass is 127. The van der Waals surface area contributed by atoms with Crippen LogP contribution in [0.1, 0.15) is 11.1 Å². The summed E-state index contributed by atoms with van der Waals surface area (Å²) in [5.74, 6) is -0.0560. The highest BCUT2D eigenvalue weighted by molar-refractivity contribution is 14.1. The van der Waals surface area contributed by atoms with Crippen LogP contribution in [0.4, 0.5) is 5.69 Å². The predicted octanol–water partition coefficient (Wildman–Crippen LogP) is 6.13. The van der Waals surface area contributed by atoms with Crippen molar-refractivity contribution in [2.75, 3.05) is 12.0 Å². The van der Waals surface area contributed by atoms with E-state index in [0.717, 1.165) is 13.6 Å². The molecule has 178 valence electrons. The molecule has 0 spiro atoms. The maximum Gasteiger partial charge on any atom is 0.270 e. The molecule has 1 fully saturated rings. The maximum absolute atomic E-state index is 13.3. The van der Waals surface area contributed by atoms with Gasteiger partial charge in [0.1, 0.15) is 12.2 Å². The Kier molecular flexibility index (Phi) is 8.10. The van der Waals surface area contributed by atoms with Gasteiger partial charge in [-0.25, -0.2) is 0 Å². The first kappa shape index (κ1) is 25.6. The summed E-state index contributed by atoms with van der Waals surface area (Å²) < 4.78 is 13.1. The van der Waals surface area contributed by atoms with Gasteiger partial charge in [0.15, 0.2) is 16.6 Å².